The van der Waals surface area contributed by atoms with Crippen molar-refractivity contribution in [2.45, 2.75) is 18.4 Å². The number of carbonyl (C=O) groups is 1. The largest absolute Gasteiger partial charge is 0.394 e. The van der Waals surface area contributed by atoms with Crippen molar-refractivity contribution in [2.75, 3.05) is 19.8 Å². The molecule has 1 aliphatic rings. The molecule has 0 spiro atoms. The van der Waals surface area contributed by atoms with E-state index in [9.17, 15) is 14.3 Å². The van der Waals surface area contributed by atoms with Crippen molar-refractivity contribution in [2.24, 2.45) is 0 Å². The molecule has 2 rings (SSSR count). The van der Waals surface area contributed by atoms with Crippen molar-refractivity contribution in [1.29, 1.82) is 0 Å². The van der Waals surface area contributed by atoms with E-state index in [-0.39, 0.29) is 12.2 Å². The zero-order valence-electron chi connectivity index (χ0n) is 9.86. The van der Waals surface area contributed by atoms with E-state index in [1.165, 1.54) is 6.20 Å². The van der Waals surface area contributed by atoms with Crippen LogP contribution in [0.3, 0.4) is 0 Å². The molecule has 0 aromatic carbocycles. The van der Waals surface area contributed by atoms with Gasteiger partial charge in [-0.05, 0) is 18.9 Å². The highest BCUT2D eigenvalue weighted by Crippen LogP contribution is 2.20. The lowest BCUT2D eigenvalue weighted by Gasteiger charge is -2.36. The summed E-state index contributed by atoms with van der Waals surface area (Å²) in [5.74, 6) is -0.995. The number of hydrogen-bond donors (Lipinski definition) is 2. The van der Waals surface area contributed by atoms with E-state index in [1.54, 1.807) is 0 Å². The average Bonchev–Trinajstić information content (AvgIpc) is 2.40. The van der Waals surface area contributed by atoms with Crippen molar-refractivity contribution >= 4 is 5.91 Å². The minimum atomic E-state index is -0.679. The maximum atomic E-state index is 13.0. The molecule has 0 saturated carbocycles. The van der Waals surface area contributed by atoms with Crippen molar-refractivity contribution in [3.63, 3.8) is 0 Å². The molecule has 0 bridgehead atoms. The van der Waals surface area contributed by atoms with Gasteiger partial charge in [0.1, 0.15) is 5.82 Å². The fraction of sp³-hybridized carbons (Fsp3) is 0.500. The van der Waals surface area contributed by atoms with E-state index in [0.29, 0.717) is 26.1 Å². The predicted octanol–water partition coefficient (Wildman–Crippen LogP) is 0.492. The summed E-state index contributed by atoms with van der Waals surface area (Å²) >= 11 is 0. The van der Waals surface area contributed by atoms with Crippen LogP contribution < -0.4 is 5.32 Å². The van der Waals surface area contributed by atoms with Gasteiger partial charge in [-0.1, -0.05) is 0 Å². The summed E-state index contributed by atoms with van der Waals surface area (Å²) in [6.45, 7) is 0.815. The number of aliphatic hydroxyl groups is 1. The smallest absolute Gasteiger partial charge is 0.253 e. The van der Waals surface area contributed by atoms with Crippen molar-refractivity contribution < 1.29 is 19.0 Å². The van der Waals surface area contributed by atoms with Gasteiger partial charge >= 0.3 is 0 Å². The number of nitrogens with zero attached hydrogens (tertiary/aromatic N) is 1. The topological polar surface area (TPSA) is 71.5 Å². The number of nitrogens with one attached hydrogen (secondary N) is 1. The number of aliphatic hydroxyl groups excluding tert-OH is 1. The second-order valence-electron chi connectivity index (χ2n) is 4.40. The lowest BCUT2D eigenvalue weighted by molar-refractivity contribution is 0.0125. The summed E-state index contributed by atoms with van der Waals surface area (Å²) in [4.78, 5) is 15.6. The molecule has 1 aliphatic heterocycles. The van der Waals surface area contributed by atoms with Crippen LogP contribution in [0, 0.1) is 5.82 Å². The monoisotopic (exact) mass is 254 g/mol. The second kappa shape index (κ2) is 5.41. The highest BCUT2D eigenvalue weighted by Gasteiger charge is 2.33. The Morgan fingerprint density at radius 3 is 2.83 bits per heavy atom. The number of amides is 1. The van der Waals surface area contributed by atoms with Crippen LogP contribution in [0.1, 0.15) is 23.2 Å². The zero-order valence-corrected chi connectivity index (χ0v) is 9.86. The molecule has 18 heavy (non-hydrogen) atoms. The van der Waals surface area contributed by atoms with Gasteiger partial charge in [-0.2, -0.15) is 0 Å². The Morgan fingerprint density at radius 1 is 1.50 bits per heavy atom. The third-order valence-electron chi connectivity index (χ3n) is 3.10. The van der Waals surface area contributed by atoms with Gasteiger partial charge in [0.25, 0.3) is 5.91 Å². The van der Waals surface area contributed by atoms with Gasteiger partial charge in [0.05, 0.1) is 23.9 Å². The van der Waals surface area contributed by atoms with Gasteiger partial charge < -0.3 is 15.2 Å². The fourth-order valence-corrected chi connectivity index (χ4v) is 1.93. The molecule has 1 aromatic rings. The van der Waals surface area contributed by atoms with E-state index >= 15 is 0 Å². The Balaban J connectivity index is 2.10. The number of halogens is 1. The molecule has 0 aliphatic carbocycles. The molecule has 1 amide bonds. The molecule has 98 valence electrons. The Morgan fingerprint density at radius 2 is 2.22 bits per heavy atom. The van der Waals surface area contributed by atoms with Crippen LogP contribution >= 0.6 is 0 Å². The van der Waals surface area contributed by atoms with E-state index in [1.807, 2.05) is 0 Å². The quantitative estimate of drug-likeness (QED) is 0.823. The van der Waals surface area contributed by atoms with Crippen LogP contribution in [0.5, 0.6) is 0 Å². The van der Waals surface area contributed by atoms with E-state index in [4.69, 9.17) is 4.74 Å². The van der Waals surface area contributed by atoms with Crippen molar-refractivity contribution in [1.82, 2.24) is 10.3 Å². The Bertz CT molecular complexity index is 433. The van der Waals surface area contributed by atoms with Gasteiger partial charge in [0.15, 0.2) is 0 Å². The molecule has 1 saturated heterocycles. The first kappa shape index (κ1) is 12.9. The molecule has 0 radical (unpaired) electrons. The minimum Gasteiger partial charge on any atom is -0.394 e. The Kier molecular flexibility index (Phi) is 3.88. The summed E-state index contributed by atoms with van der Waals surface area (Å²) in [7, 11) is 0. The predicted molar refractivity (Wildman–Crippen MR) is 61.5 cm³/mol. The molecule has 0 atom stereocenters. The number of aromatic nitrogens is 1. The summed E-state index contributed by atoms with van der Waals surface area (Å²) in [5.41, 5.74) is -0.531. The summed E-state index contributed by atoms with van der Waals surface area (Å²) in [6, 6.07) is 1.12. The van der Waals surface area contributed by atoms with Crippen molar-refractivity contribution in [3.05, 3.63) is 29.8 Å². The molecule has 5 nitrogen and oxygen atoms in total. The van der Waals surface area contributed by atoms with E-state index in [0.717, 1.165) is 12.3 Å². The third-order valence-corrected chi connectivity index (χ3v) is 3.10. The second-order valence-corrected chi connectivity index (χ2v) is 4.40. The van der Waals surface area contributed by atoms with Gasteiger partial charge in [0.2, 0.25) is 0 Å². The van der Waals surface area contributed by atoms with Gasteiger partial charge in [0, 0.05) is 19.4 Å². The summed E-state index contributed by atoms with van der Waals surface area (Å²) in [5, 5.41) is 12.2. The number of carbonyl (C=O) groups excluding carboxylic acids is 1. The molecule has 2 heterocycles. The maximum Gasteiger partial charge on any atom is 0.253 e. The minimum absolute atomic E-state index is 0.148. The average molecular weight is 254 g/mol. The van der Waals surface area contributed by atoms with Gasteiger partial charge in [-0.15, -0.1) is 0 Å². The van der Waals surface area contributed by atoms with Crippen LogP contribution in [-0.2, 0) is 4.74 Å². The van der Waals surface area contributed by atoms with E-state index in [2.05, 4.69) is 10.3 Å². The van der Waals surface area contributed by atoms with Gasteiger partial charge in [-0.25, -0.2) is 4.39 Å². The Hall–Kier alpha value is -1.53. The van der Waals surface area contributed by atoms with Crippen molar-refractivity contribution in [3.8, 4) is 0 Å². The molecule has 2 N–H and O–H groups in total. The lowest BCUT2D eigenvalue weighted by Crippen LogP contribution is -2.54. The summed E-state index contributed by atoms with van der Waals surface area (Å²) < 4.78 is 18.2. The molecule has 1 aromatic heterocycles. The first-order valence-corrected chi connectivity index (χ1v) is 5.77. The third kappa shape index (κ3) is 2.83. The maximum absolute atomic E-state index is 13.0. The fourth-order valence-electron chi connectivity index (χ4n) is 1.93. The Labute approximate surface area is 104 Å². The number of hydrogen-bond acceptors (Lipinski definition) is 4. The molecule has 0 unspecified atom stereocenters. The van der Waals surface area contributed by atoms with Crippen LogP contribution in [0.15, 0.2) is 18.5 Å². The van der Waals surface area contributed by atoms with Crippen LogP contribution in [0.25, 0.3) is 0 Å². The van der Waals surface area contributed by atoms with Crippen LogP contribution in [0.2, 0.25) is 0 Å². The SMILES string of the molecule is O=C(NC1(CO)CCOCC1)c1cncc(F)c1. The normalized spacial score (nSPS) is 18.3. The lowest BCUT2D eigenvalue weighted by atomic mass is 9.90. The summed E-state index contributed by atoms with van der Waals surface area (Å²) in [6.07, 6.45) is 3.41. The van der Waals surface area contributed by atoms with Crippen LogP contribution in [0.4, 0.5) is 4.39 Å². The molecular formula is C12H15FN2O3. The zero-order chi connectivity index (χ0) is 13.0. The standard InChI is InChI=1S/C12H15FN2O3/c13-10-5-9(6-14-7-10)11(17)15-12(8-16)1-3-18-4-2-12/h5-7,16H,1-4,8H2,(H,15,17). The highest BCUT2D eigenvalue weighted by atomic mass is 19.1. The number of rotatable bonds is 3. The number of ether oxygens (including phenoxy) is 1. The molecule has 1 fully saturated rings. The number of pyridine rings is 1. The first-order chi connectivity index (χ1) is 8.65. The van der Waals surface area contributed by atoms with Crippen LogP contribution in [-0.4, -0.2) is 41.4 Å². The first-order valence-electron chi connectivity index (χ1n) is 5.77. The molecule has 6 heteroatoms. The highest BCUT2D eigenvalue weighted by molar-refractivity contribution is 5.94. The van der Waals surface area contributed by atoms with E-state index < -0.39 is 17.3 Å². The van der Waals surface area contributed by atoms with Gasteiger partial charge in [-0.3, -0.25) is 9.78 Å². The molecular weight excluding hydrogens is 239 g/mol.